The molecule has 8 heteroatoms. The van der Waals surface area contributed by atoms with Crippen LogP contribution in [0.4, 0.5) is 13.2 Å². The molecule has 0 fully saturated rings. The van der Waals surface area contributed by atoms with Gasteiger partial charge < -0.3 is 9.63 Å². The van der Waals surface area contributed by atoms with Crippen molar-refractivity contribution < 1.29 is 27.6 Å². The van der Waals surface area contributed by atoms with Crippen LogP contribution < -0.4 is 0 Å². The van der Waals surface area contributed by atoms with Crippen LogP contribution in [0.1, 0.15) is 59.5 Å². The molecule has 2 aromatic heterocycles. The molecule has 0 bridgehead atoms. The van der Waals surface area contributed by atoms with Gasteiger partial charge in [-0.3, -0.25) is 0 Å². The van der Waals surface area contributed by atoms with Crippen LogP contribution in [-0.2, 0) is 23.8 Å². The lowest BCUT2D eigenvalue weighted by Gasteiger charge is -2.09. The minimum absolute atomic E-state index is 0.162. The second-order valence-electron chi connectivity index (χ2n) is 8.60. The van der Waals surface area contributed by atoms with Gasteiger partial charge in [-0.05, 0) is 78.9 Å². The van der Waals surface area contributed by atoms with E-state index in [0.29, 0.717) is 28.7 Å². The average Bonchev–Trinajstić information content (AvgIpc) is 3.31. The molecule has 0 amide bonds. The molecule has 2 aromatic carbocycles. The van der Waals surface area contributed by atoms with Crippen LogP contribution in [0, 0.1) is 6.92 Å². The van der Waals surface area contributed by atoms with Crippen molar-refractivity contribution in [3.05, 3.63) is 69.2 Å². The van der Waals surface area contributed by atoms with Crippen LogP contribution in [0.25, 0.3) is 26.6 Å². The molecule has 0 radical (unpaired) electrons. The van der Waals surface area contributed by atoms with Crippen LogP contribution in [0.3, 0.4) is 0 Å². The predicted octanol–water partition coefficient (Wildman–Crippen LogP) is 7.77. The molecule has 0 aliphatic carbocycles. The highest BCUT2D eigenvalue weighted by Gasteiger charge is 2.31. The second kappa shape index (κ2) is 8.91. The number of rotatable bonds is 6. The van der Waals surface area contributed by atoms with Crippen molar-refractivity contribution in [2.24, 2.45) is 0 Å². The number of aryl methyl sites for hydroxylation is 3. The monoisotopic (exact) mass is 487 g/mol. The van der Waals surface area contributed by atoms with Crippen molar-refractivity contribution in [3.8, 4) is 0 Å². The molecule has 0 spiro atoms. The lowest BCUT2D eigenvalue weighted by atomic mass is 9.95. The van der Waals surface area contributed by atoms with E-state index < -0.39 is 17.7 Å². The normalized spacial score (nSPS) is 12.9. The minimum Gasteiger partial charge on any atom is -0.478 e. The molecule has 0 atom stereocenters. The predicted molar refractivity (Wildman–Crippen MR) is 128 cm³/mol. The number of fused-ring (bicyclic) bond motifs is 2. The van der Waals surface area contributed by atoms with Crippen molar-refractivity contribution in [1.82, 2.24) is 5.16 Å². The first-order chi connectivity index (χ1) is 16.0. The van der Waals surface area contributed by atoms with Gasteiger partial charge in [0.1, 0.15) is 0 Å². The maximum atomic E-state index is 13.2. The highest BCUT2D eigenvalue weighted by Crippen LogP contribution is 2.40. The Kier molecular flexibility index (Phi) is 6.29. The fourth-order valence-electron chi connectivity index (χ4n) is 4.40. The van der Waals surface area contributed by atoms with Crippen LogP contribution in [0.15, 0.2) is 40.9 Å². The van der Waals surface area contributed by atoms with Crippen molar-refractivity contribution in [3.63, 3.8) is 0 Å². The van der Waals surface area contributed by atoms with Gasteiger partial charge in [-0.2, -0.15) is 13.2 Å². The summed E-state index contributed by atoms with van der Waals surface area (Å²) in [6.07, 6.45) is -1.65. The van der Waals surface area contributed by atoms with Gasteiger partial charge >= 0.3 is 12.1 Å². The van der Waals surface area contributed by atoms with E-state index >= 15 is 0 Å². The Morgan fingerprint density at radius 3 is 2.53 bits per heavy atom. The van der Waals surface area contributed by atoms with Crippen molar-refractivity contribution in [1.29, 1.82) is 0 Å². The molecular formula is C26H24F3NO3S. The number of carbonyl (C=O) groups is 1. The molecule has 4 nitrogen and oxygen atoms in total. The fraction of sp³-hybridized carbons (Fsp3) is 0.308. The number of aromatic nitrogens is 1. The third-order valence-electron chi connectivity index (χ3n) is 6.00. The number of aliphatic carboxylic acids is 1. The number of hydrogen-bond acceptors (Lipinski definition) is 4. The Labute approximate surface area is 198 Å². The molecule has 2 heterocycles. The van der Waals surface area contributed by atoms with E-state index in [1.807, 2.05) is 26.8 Å². The molecule has 1 N–H and O–H groups in total. The van der Waals surface area contributed by atoms with Crippen LogP contribution in [0.2, 0.25) is 0 Å². The summed E-state index contributed by atoms with van der Waals surface area (Å²) < 4.78 is 45.7. The second-order valence-corrected chi connectivity index (χ2v) is 9.74. The summed E-state index contributed by atoms with van der Waals surface area (Å²) in [5.41, 5.74) is 3.26. The molecule has 0 unspecified atom stereocenters. The first-order valence-electron chi connectivity index (χ1n) is 10.9. The van der Waals surface area contributed by atoms with E-state index in [0.717, 1.165) is 38.5 Å². The van der Waals surface area contributed by atoms with Crippen LogP contribution in [-0.4, -0.2) is 16.2 Å². The summed E-state index contributed by atoms with van der Waals surface area (Å²) in [4.78, 5) is 12.6. The lowest BCUT2D eigenvalue weighted by Crippen LogP contribution is -2.03. The molecule has 0 aliphatic heterocycles. The number of thiophene rings is 1. The van der Waals surface area contributed by atoms with E-state index in [2.05, 4.69) is 5.16 Å². The number of halogens is 3. The summed E-state index contributed by atoms with van der Waals surface area (Å²) >= 11 is 1.39. The van der Waals surface area contributed by atoms with Gasteiger partial charge in [0, 0.05) is 15.0 Å². The third-order valence-corrected chi connectivity index (χ3v) is 7.23. The van der Waals surface area contributed by atoms with E-state index in [-0.39, 0.29) is 11.5 Å². The van der Waals surface area contributed by atoms with Gasteiger partial charge in [0.15, 0.2) is 5.58 Å². The van der Waals surface area contributed by atoms with Gasteiger partial charge in [0.2, 0.25) is 0 Å². The highest BCUT2D eigenvalue weighted by atomic mass is 32.1. The Hall–Kier alpha value is -3.13. The summed E-state index contributed by atoms with van der Waals surface area (Å²) in [5.74, 6) is -0.848. The zero-order valence-electron chi connectivity index (χ0n) is 19.2. The number of hydrogen-bond donors (Lipinski definition) is 1. The lowest BCUT2D eigenvalue weighted by molar-refractivity contribution is -0.137. The molecule has 4 rings (SSSR count). The van der Waals surface area contributed by atoms with Gasteiger partial charge in [-0.25, -0.2) is 4.79 Å². The molecule has 0 saturated carbocycles. The van der Waals surface area contributed by atoms with Gasteiger partial charge in [0.25, 0.3) is 0 Å². The largest absolute Gasteiger partial charge is 0.478 e. The average molecular weight is 488 g/mol. The zero-order valence-corrected chi connectivity index (χ0v) is 20.0. The van der Waals surface area contributed by atoms with Crippen LogP contribution in [0.5, 0.6) is 0 Å². The molecular weight excluding hydrogens is 463 g/mol. The SMILES string of the molecule is CC=C(C(=O)O)c1cc2onc(CCc3sc4cc(C(F)(F)F)ccc4c3C(C)C)c2cc1C. The molecule has 178 valence electrons. The maximum Gasteiger partial charge on any atom is 0.416 e. The van der Waals surface area contributed by atoms with Gasteiger partial charge in [-0.1, -0.05) is 31.1 Å². The molecule has 0 aliphatic rings. The number of alkyl halides is 3. The van der Waals surface area contributed by atoms with E-state index in [9.17, 15) is 23.1 Å². The Bertz CT molecular complexity index is 1430. The standard InChI is InChI=1S/C26H24F3NO3S/c1-5-16(25(31)32)18-12-21-19(10-14(18)4)20(30-33-21)8-9-22-24(13(2)3)17-7-6-15(26(27,28)29)11-23(17)34-22/h5-7,10-13H,8-9H2,1-4H3,(H,31,32). The summed E-state index contributed by atoms with van der Waals surface area (Å²) in [6.45, 7) is 7.60. The highest BCUT2D eigenvalue weighted by molar-refractivity contribution is 7.19. The molecule has 4 aromatic rings. The Morgan fingerprint density at radius 1 is 1.18 bits per heavy atom. The molecule has 0 saturated heterocycles. The quantitative estimate of drug-likeness (QED) is 0.282. The minimum atomic E-state index is -4.37. The Balaban J connectivity index is 1.68. The Morgan fingerprint density at radius 2 is 1.91 bits per heavy atom. The van der Waals surface area contributed by atoms with E-state index in [1.165, 1.54) is 17.4 Å². The first-order valence-corrected chi connectivity index (χ1v) is 11.7. The smallest absolute Gasteiger partial charge is 0.416 e. The van der Waals surface area contributed by atoms with Crippen molar-refractivity contribution in [2.75, 3.05) is 0 Å². The summed E-state index contributed by atoms with van der Waals surface area (Å²) in [5, 5.41) is 15.3. The van der Waals surface area contributed by atoms with Gasteiger partial charge in [0.05, 0.1) is 16.8 Å². The topological polar surface area (TPSA) is 63.3 Å². The number of benzene rings is 2. The van der Waals surface area contributed by atoms with E-state index in [1.54, 1.807) is 25.1 Å². The number of carboxylic acid groups (broad SMARTS) is 1. The zero-order chi connectivity index (χ0) is 24.8. The number of nitrogens with zero attached hydrogens (tertiary/aromatic N) is 1. The van der Waals surface area contributed by atoms with Crippen molar-refractivity contribution >= 4 is 43.9 Å². The molecule has 34 heavy (non-hydrogen) atoms. The summed E-state index contributed by atoms with van der Waals surface area (Å²) in [7, 11) is 0. The fourth-order valence-corrected chi connectivity index (χ4v) is 5.80. The van der Waals surface area contributed by atoms with Crippen LogP contribution >= 0.6 is 11.3 Å². The summed E-state index contributed by atoms with van der Waals surface area (Å²) in [6, 6.07) is 7.53. The first kappa shape index (κ1) is 24.0. The maximum absolute atomic E-state index is 13.2. The van der Waals surface area contributed by atoms with Crippen molar-refractivity contribution in [2.45, 2.75) is 52.6 Å². The van der Waals surface area contributed by atoms with E-state index in [4.69, 9.17) is 4.52 Å². The number of carboxylic acids is 1. The third kappa shape index (κ3) is 4.34. The van der Waals surface area contributed by atoms with Gasteiger partial charge in [-0.15, -0.1) is 11.3 Å². The number of allylic oxidation sites excluding steroid dienone is 1.